The minimum Gasteiger partial charge on any atom is -0.458 e. The molecule has 4 atom stereocenters. The Morgan fingerprint density at radius 3 is 2.79 bits per heavy atom. The summed E-state index contributed by atoms with van der Waals surface area (Å²) in [4.78, 5) is 11.7. The molecular formula is C15H22O4. The number of carbonyl (C=O) groups excluding carboxylic acids is 1. The van der Waals surface area contributed by atoms with Gasteiger partial charge in [-0.25, -0.2) is 4.79 Å². The van der Waals surface area contributed by atoms with Gasteiger partial charge in [-0.2, -0.15) is 0 Å². The lowest BCUT2D eigenvalue weighted by Gasteiger charge is -2.55. The lowest BCUT2D eigenvalue weighted by molar-refractivity contribution is -0.136. The molecule has 19 heavy (non-hydrogen) atoms. The first-order valence-corrected chi connectivity index (χ1v) is 7.09. The Kier molecular flexibility index (Phi) is 2.81. The second-order valence-electron chi connectivity index (χ2n) is 6.92. The van der Waals surface area contributed by atoms with E-state index in [1.165, 1.54) is 0 Å². The normalized spacial score (nSPS) is 45.8. The number of cyclic esters (lactones) is 1. The van der Waals surface area contributed by atoms with Crippen molar-refractivity contribution >= 4 is 5.97 Å². The zero-order chi connectivity index (χ0) is 13.8. The Morgan fingerprint density at radius 2 is 2.11 bits per heavy atom. The van der Waals surface area contributed by atoms with E-state index in [-0.39, 0.29) is 23.4 Å². The van der Waals surface area contributed by atoms with Crippen LogP contribution in [0.3, 0.4) is 0 Å². The first-order valence-electron chi connectivity index (χ1n) is 7.09. The van der Waals surface area contributed by atoms with Crippen LogP contribution in [-0.4, -0.2) is 35.5 Å². The molecule has 0 spiro atoms. The molecule has 2 aliphatic carbocycles. The van der Waals surface area contributed by atoms with Gasteiger partial charge in [0.2, 0.25) is 0 Å². The summed E-state index contributed by atoms with van der Waals surface area (Å²) in [5.74, 6) is 0.127. The van der Waals surface area contributed by atoms with Gasteiger partial charge in [0.25, 0.3) is 0 Å². The van der Waals surface area contributed by atoms with Crippen molar-refractivity contribution in [2.24, 2.45) is 16.7 Å². The Morgan fingerprint density at radius 1 is 1.37 bits per heavy atom. The van der Waals surface area contributed by atoms with Crippen LogP contribution >= 0.6 is 0 Å². The number of fused-ring (bicyclic) bond motifs is 2. The fourth-order valence-corrected chi connectivity index (χ4v) is 4.82. The zero-order valence-electron chi connectivity index (χ0n) is 11.6. The zero-order valence-corrected chi connectivity index (χ0v) is 11.6. The van der Waals surface area contributed by atoms with Gasteiger partial charge in [0.1, 0.15) is 6.61 Å². The van der Waals surface area contributed by atoms with E-state index in [1.807, 2.05) is 0 Å². The largest absolute Gasteiger partial charge is 0.458 e. The molecule has 1 fully saturated rings. The van der Waals surface area contributed by atoms with E-state index in [0.717, 1.165) is 24.0 Å². The summed E-state index contributed by atoms with van der Waals surface area (Å²) in [5, 5.41) is 20.0. The fraction of sp³-hybridized carbons (Fsp3) is 0.800. The Hall–Kier alpha value is -0.870. The molecule has 4 heteroatoms. The van der Waals surface area contributed by atoms with E-state index in [0.29, 0.717) is 25.4 Å². The molecule has 2 N–H and O–H groups in total. The van der Waals surface area contributed by atoms with Crippen molar-refractivity contribution < 1.29 is 19.7 Å². The highest BCUT2D eigenvalue weighted by molar-refractivity contribution is 5.92. The van der Waals surface area contributed by atoms with Crippen LogP contribution in [0, 0.1) is 16.7 Å². The quantitative estimate of drug-likeness (QED) is 0.704. The summed E-state index contributed by atoms with van der Waals surface area (Å²) in [6.45, 7) is 4.64. The number of hydrogen-bond donors (Lipinski definition) is 2. The van der Waals surface area contributed by atoms with Gasteiger partial charge in [-0.1, -0.05) is 13.8 Å². The average molecular weight is 266 g/mol. The molecule has 1 saturated carbocycles. The van der Waals surface area contributed by atoms with Crippen LogP contribution in [0.4, 0.5) is 0 Å². The Bertz CT molecular complexity index is 455. The molecular weight excluding hydrogens is 244 g/mol. The molecule has 0 aromatic heterocycles. The molecule has 4 nitrogen and oxygen atoms in total. The third kappa shape index (κ3) is 1.69. The maximum atomic E-state index is 11.7. The van der Waals surface area contributed by atoms with Gasteiger partial charge in [0, 0.05) is 12.2 Å². The molecule has 3 aliphatic rings. The predicted molar refractivity (Wildman–Crippen MR) is 69.2 cm³/mol. The number of aliphatic hydroxyl groups is 2. The lowest BCUT2D eigenvalue weighted by Crippen LogP contribution is -2.52. The van der Waals surface area contributed by atoms with Crippen molar-refractivity contribution in [3.05, 3.63) is 11.1 Å². The van der Waals surface area contributed by atoms with Gasteiger partial charge < -0.3 is 14.9 Å². The molecule has 3 rings (SSSR count). The summed E-state index contributed by atoms with van der Waals surface area (Å²) in [6, 6.07) is 0. The van der Waals surface area contributed by atoms with Crippen LogP contribution in [-0.2, 0) is 9.53 Å². The van der Waals surface area contributed by atoms with Crippen LogP contribution in [0.1, 0.15) is 39.5 Å². The number of hydrogen-bond acceptors (Lipinski definition) is 4. The summed E-state index contributed by atoms with van der Waals surface area (Å²) in [5.41, 5.74) is 1.42. The number of carbonyl (C=O) groups is 1. The summed E-state index contributed by atoms with van der Waals surface area (Å²) in [6.07, 6.45) is 2.54. The van der Waals surface area contributed by atoms with E-state index in [2.05, 4.69) is 13.8 Å². The van der Waals surface area contributed by atoms with Crippen molar-refractivity contribution in [2.75, 3.05) is 13.2 Å². The van der Waals surface area contributed by atoms with Gasteiger partial charge in [-0.05, 0) is 48.0 Å². The second kappa shape index (κ2) is 4.06. The van der Waals surface area contributed by atoms with Crippen molar-refractivity contribution in [2.45, 2.75) is 45.6 Å². The maximum Gasteiger partial charge on any atom is 0.334 e. The van der Waals surface area contributed by atoms with Gasteiger partial charge in [-0.3, -0.25) is 0 Å². The minimum atomic E-state index is -0.416. The van der Waals surface area contributed by atoms with E-state index < -0.39 is 6.10 Å². The molecule has 0 amide bonds. The molecule has 0 radical (unpaired) electrons. The van der Waals surface area contributed by atoms with Crippen molar-refractivity contribution in [3.8, 4) is 0 Å². The van der Waals surface area contributed by atoms with E-state index in [4.69, 9.17) is 4.74 Å². The monoisotopic (exact) mass is 266 g/mol. The Balaban J connectivity index is 2.07. The predicted octanol–water partition coefficient (Wildman–Crippen LogP) is 1.41. The van der Waals surface area contributed by atoms with Crippen LogP contribution in [0.2, 0.25) is 0 Å². The van der Waals surface area contributed by atoms with E-state index >= 15 is 0 Å². The topological polar surface area (TPSA) is 66.8 Å². The minimum absolute atomic E-state index is 0.0851. The molecule has 0 unspecified atom stereocenters. The Labute approximate surface area is 113 Å². The van der Waals surface area contributed by atoms with E-state index in [9.17, 15) is 15.0 Å². The number of aliphatic hydroxyl groups excluding tert-OH is 2. The third-order valence-corrected chi connectivity index (χ3v) is 5.66. The average Bonchev–Trinajstić information content (AvgIpc) is 2.71. The number of rotatable bonds is 1. The second-order valence-corrected chi connectivity index (χ2v) is 6.92. The molecule has 0 aromatic rings. The molecule has 0 aromatic carbocycles. The van der Waals surface area contributed by atoms with Crippen molar-refractivity contribution in [3.63, 3.8) is 0 Å². The summed E-state index contributed by atoms with van der Waals surface area (Å²) in [7, 11) is 0. The smallest absolute Gasteiger partial charge is 0.334 e. The van der Waals surface area contributed by atoms with Crippen LogP contribution in [0.5, 0.6) is 0 Å². The number of ether oxygens (including phenoxy) is 1. The molecule has 1 heterocycles. The molecule has 0 bridgehead atoms. The van der Waals surface area contributed by atoms with Gasteiger partial charge in [-0.15, -0.1) is 0 Å². The first kappa shape index (κ1) is 13.1. The summed E-state index contributed by atoms with van der Waals surface area (Å²) >= 11 is 0. The third-order valence-electron chi connectivity index (χ3n) is 5.66. The first-order chi connectivity index (χ1) is 8.90. The maximum absolute atomic E-state index is 11.7. The SMILES string of the molecule is C[C@@]1(CO)C[C@@H](O)C[C@@]2(C)C3=C(CC[C@H]12)C(=O)OC3. The van der Waals surface area contributed by atoms with Crippen molar-refractivity contribution in [1.82, 2.24) is 0 Å². The van der Waals surface area contributed by atoms with Crippen molar-refractivity contribution in [1.29, 1.82) is 0 Å². The standard InChI is InChI=1S/C15H22O4/c1-14(8-16)5-9(17)6-15(2)11-7-19-13(18)10(11)3-4-12(14)15/h9,12,16-17H,3-8H2,1-2H3/t9-,12-,14+,15+/m1/s1. The van der Waals surface area contributed by atoms with Gasteiger partial charge >= 0.3 is 5.97 Å². The molecule has 1 aliphatic heterocycles. The lowest BCUT2D eigenvalue weighted by atomic mass is 9.49. The van der Waals surface area contributed by atoms with Crippen LogP contribution in [0.25, 0.3) is 0 Å². The fourth-order valence-electron chi connectivity index (χ4n) is 4.82. The molecule has 106 valence electrons. The highest BCUT2D eigenvalue weighted by Crippen LogP contribution is 2.60. The van der Waals surface area contributed by atoms with Crippen LogP contribution < -0.4 is 0 Å². The van der Waals surface area contributed by atoms with Gasteiger partial charge in [0.05, 0.1) is 6.10 Å². The summed E-state index contributed by atoms with van der Waals surface area (Å²) < 4.78 is 5.19. The van der Waals surface area contributed by atoms with E-state index in [1.54, 1.807) is 0 Å². The number of esters is 1. The van der Waals surface area contributed by atoms with Gasteiger partial charge in [0.15, 0.2) is 0 Å². The highest BCUT2D eigenvalue weighted by atomic mass is 16.5. The van der Waals surface area contributed by atoms with Crippen LogP contribution in [0.15, 0.2) is 11.1 Å². The highest BCUT2D eigenvalue weighted by Gasteiger charge is 2.56. The molecule has 0 saturated heterocycles.